The highest BCUT2D eigenvalue weighted by atomic mass is 35.5. The Hall–Kier alpha value is -0.820. The van der Waals surface area contributed by atoms with Crippen LogP contribution in [0.3, 0.4) is 0 Å². The number of fused-ring (bicyclic) bond motifs is 1. The Kier molecular flexibility index (Phi) is 3.66. The van der Waals surface area contributed by atoms with Crippen molar-refractivity contribution in [2.45, 2.75) is 77.2 Å². The summed E-state index contributed by atoms with van der Waals surface area (Å²) in [7, 11) is 0. The number of hydrogen-bond acceptors (Lipinski definition) is 1. The van der Waals surface area contributed by atoms with Crippen LogP contribution in [0.1, 0.15) is 76.3 Å². The van der Waals surface area contributed by atoms with E-state index in [9.17, 15) is 0 Å². The van der Waals surface area contributed by atoms with Gasteiger partial charge in [0.05, 0.1) is 5.54 Å². The first-order chi connectivity index (χ1) is 11.9. The third-order valence-corrected chi connectivity index (χ3v) is 7.73. The predicted octanol–water partition coefficient (Wildman–Crippen LogP) is 6.46. The average Bonchev–Trinajstić information content (AvgIpc) is 2.50. The number of nitrogens with zero attached hydrogens (tertiary/aromatic N) is 1. The molecule has 0 aromatic heterocycles. The van der Waals surface area contributed by atoms with Crippen molar-refractivity contribution in [2.24, 2.45) is 28.2 Å². The van der Waals surface area contributed by atoms with Crippen molar-refractivity contribution < 1.29 is 0 Å². The van der Waals surface area contributed by atoms with Crippen molar-refractivity contribution in [1.82, 2.24) is 0 Å². The molecule has 0 spiro atoms. The van der Waals surface area contributed by atoms with Crippen molar-refractivity contribution in [1.29, 1.82) is 0 Å². The van der Waals surface area contributed by atoms with Crippen LogP contribution in [0.15, 0.2) is 23.2 Å². The molecule has 0 unspecified atom stereocenters. The molecule has 4 saturated carbocycles. The van der Waals surface area contributed by atoms with E-state index in [4.69, 9.17) is 16.6 Å². The van der Waals surface area contributed by atoms with E-state index in [0.717, 1.165) is 35.6 Å². The lowest BCUT2D eigenvalue weighted by molar-refractivity contribution is -0.0560. The summed E-state index contributed by atoms with van der Waals surface area (Å²) < 4.78 is 0. The van der Waals surface area contributed by atoms with Crippen LogP contribution in [0.5, 0.6) is 0 Å². The van der Waals surface area contributed by atoms with Gasteiger partial charge in [-0.2, -0.15) is 0 Å². The van der Waals surface area contributed by atoms with Gasteiger partial charge in [-0.15, -0.1) is 0 Å². The van der Waals surface area contributed by atoms with Gasteiger partial charge in [-0.3, -0.25) is 4.99 Å². The SMILES string of the molecule is CC1(C)Cc2cc(Cl)ccc2C(CCC23CC4CC(CC(C4)C2)C3)=N1. The summed E-state index contributed by atoms with van der Waals surface area (Å²) in [4.78, 5) is 5.18. The van der Waals surface area contributed by atoms with Crippen LogP contribution in [0.2, 0.25) is 5.02 Å². The fourth-order valence-corrected chi connectivity index (χ4v) is 7.29. The van der Waals surface area contributed by atoms with Gasteiger partial charge in [0.25, 0.3) is 0 Å². The number of aliphatic imine (C=N–C) groups is 1. The lowest BCUT2D eigenvalue weighted by atomic mass is 9.48. The zero-order chi connectivity index (χ0) is 17.2. The summed E-state index contributed by atoms with van der Waals surface area (Å²) in [5, 5.41) is 0.858. The van der Waals surface area contributed by atoms with Gasteiger partial charge in [-0.1, -0.05) is 17.7 Å². The van der Waals surface area contributed by atoms with Crippen molar-refractivity contribution in [3.8, 4) is 0 Å². The van der Waals surface area contributed by atoms with Gasteiger partial charge < -0.3 is 0 Å². The molecule has 0 atom stereocenters. The Bertz CT molecular complexity index is 694. The van der Waals surface area contributed by atoms with Crippen LogP contribution >= 0.6 is 11.6 Å². The summed E-state index contributed by atoms with van der Waals surface area (Å²) in [5.41, 5.74) is 4.76. The summed E-state index contributed by atoms with van der Waals surface area (Å²) in [6, 6.07) is 6.42. The topological polar surface area (TPSA) is 12.4 Å². The van der Waals surface area contributed by atoms with Gasteiger partial charge in [0.2, 0.25) is 0 Å². The Balaban J connectivity index is 1.40. The second-order valence-electron chi connectivity index (χ2n) is 10.3. The van der Waals surface area contributed by atoms with Crippen molar-refractivity contribution in [3.05, 3.63) is 34.3 Å². The van der Waals surface area contributed by atoms with E-state index in [1.807, 2.05) is 6.07 Å². The lowest BCUT2D eigenvalue weighted by Gasteiger charge is -2.57. The Labute approximate surface area is 157 Å². The zero-order valence-corrected chi connectivity index (χ0v) is 16.4. The highest BCUT2D eigenvalue weighted by Crippen LogP contribution is 2.61. The first kappa shape index (κ1) is 16.4. The third-order valence-electron chi connectivity index (χ3n) is 7.50. The fourth-order valence-electron chi connectivity index (χ4n) is 7.09. The third kappa shape index (κ3) is 2.97. The summed E-state index contributed by atoms with van der Waals surface area (Å²) >= 11 is 6.27. The maximum absolute atomic E-state index is 6.27. The van der Waals surface area contributed by atoms with Gasteiger partial charge >= 0.3 is 0 Å². The van der Waals surface area contributed by atoms with E-state index in [2.05, 4.69) is 26.0 Å². The van der Waals surface area contributed by atoms with Crippen LogP contribution in [0.4, 0.5) is 0 Å². The van der Waals surface area contributed by atoms with Gasteiger partial charge in [-0.05, 0) is 118 Å². The van der Waals surface area contributed by atoms with Gasteiger partial charge in [0.15, 0.2) is 0 Å². The second-order valence-corrected chi connectivity index (χ2v) is 10.7. The monoisotopic (exact) mass is 355 g/mol. The highest BCUT2D eigenvalue weighted by molar-refractivity contribution is 6.30. The van der Waals surface area contributed by atoms with Crippen LogP contribution in [0, 0.1) is 23.2 Å². The Morgan fingerprint density at radius 3 is 2.32 bits per heavy atom. The maximum Gasteiger partial charge on any atom is 0.0596 e. The molecule has 0 radical (unpaired) electrons. The van der Waals surface area contributed by atoms with E-state index < -0.39 is 0 Å². The molecule has 5 aliphatic rings. The van der Waals surface area contributed by atoms with Gasteiger partial charge in [0.1, 0.15) is 0 Å². The molecule has 0 amide bonds. The smallest absolute Gasteiger partial charge is 0.0596 e. The molecule has 1 aromatic rings. The van der Waals surface area contributed by atoms with Crippen LogP contribution in [0.25, 0.3) is 0 Å². The normalized spacial score (nSPS) is 37.7. The molecule has 0 N–H and O–H groups in total. The molecular formula is C23H30ClN. The number of benzene rings is 1. The molecule has 25 heavy (non-hydrogen) atoms. The molecule has 4 bridgehead atoms. The Morgan fingerprint density at radius 2 is 1.68 bits per heavy atom. The summed E-state index contributed by atoms with van der Waals surface area (Å²) in [5.74, 6) is 3.13. The first-order valence-corrected chi connectivity index (χ1v) is 10.7. The van der Waals surface area contributed by atoms with E-state index in [-0.39, 0.29) is 5.54 Å². The molecule has 1 heterocycles. The quantitative estimate of drug-likeness (QED) is 0.589. The Morgan fingerprint density at radius 1 is 1.04 bits per heavy atom. The van der Waals surface area contributed by atoms with E-state index in [0.29, 0.717) is 5.41 Å². The molecule has 1 aliphatic heterocycles. The summed E-state index contributed by atoms with van der Waals surface area (Å²) in [6.07, 6.45) is 12.6. The first-order valence-electron chi connectivity index (χ1n) is 10.3. The van der Waals surface area contributed by atoms with Crippen molar-refractivity contribution in [3.63, 3.8) is 0 Å². The number of rotatable bonds is 3. The van der Waals surface area contributed by atoms with Crippen molar-refractivity contribution in [2.75, 3.05) is 0 Å². The highest BCUT2D eigenvalue weighted by Gasteiger charge is 2.50. The number of halogens is 1. The molecule has 0 saturated heterocycles. The predicted molar refractivity (Wildman–Crippen MR) is 106 cm³/mol. The fraction of sp³-hybridized carbons (Fsp3) is 0.696. The molecule has 6 rings (SSSR count). The van der Waals surface area contributed by atoms with E-state index >= 15 is 0 Å². The molecule has 4 aliphatic carbocycles. The van der Waals surface area contributed by atoms with Crippen LogP contribution in [-0.2, 0) is 6.42 Å². The lowest BCUT2D eigenvalue weighted by Crippen LogP contribution is -2.46. The minimum absolute atomic E-state index is 0.00842. The van der Waals surface area contributed by atoms with E-state index in [1.54, 1.807) is 0 Å². The van der Waals surface area contributed by atoms with Crippen molar-refractivity contribution >= 4 is 17.3 Å². The van der Waals surface area contributed by atoms with E-state index in [1.165, 1.54) is 61.8 Å². The average molecular weight is 356 g/mol. The van der Waals surface area contributed by atoms with Gasteiger partial charge in [0, 0.05) is 10.7 Å². The van der Waals surface area contributed by atoms with Crippen LogP contribution < -0.4 is 0 Å². The molecular weight excluding hydrogens is 326 g/mol. The second kappa shape index (κ2) is 5.59. The number of hydrogen-bond donors (Lipinski definition) is 0. The largest absolute Gasteiger partial charge is 0.283 e. The zero-order valence-electron chi connectivity index (χ0n) is 15.7. The molecule has 1 nitrogen and oxygen atoms in total. The molecule has 134 valence electrons. The molecule has 1 aromatic carbocycles. The summed E-state index contributed by atoms with van der Waals surface area (Å²) in [6.45, 7) is 4.53. The maximum atomic E-state index is 6.27. The standard InChI is InChI=1S/C23H30ClN/c1-22(2)14-18-10-19(24)3-4-20(18)21(25-22)5-6-23-11-15-7-16(12-23)9-17(8-15)13-23/h3-4,10,15-17H,5-9,11-14H2,1-2H3. The van der Waals surface area contributed by atoms with Crippen LogP contribution in [-0.4, -0.2) is 11.3 Å². The minimum atomic E-state index is 0.00842. The molecule has 4 fully saturated rings. The molecule has 2 heteroatoms. The minimum Gasteiger partial charge on any atom is -0.283 e. The van der Waals surface area contributed by atoms with Gasteiger partial charge in [-0.25, -0.2) is 0 Å².